The number of ether oxygens (including phenoxy) is 1. The highest BCUT2D eigenvalue weighted by Crippen LogP contribution is 2.23. The van der Waals surface area contributed by atoms with Gasteiger partial charge in [-0.05, 0) is 25.1 Å². The Morgan fingerprint density at radius 2 is 2.06 bits per heavy atom. The minimum Gasteiger partial charge on any atom is -0.467 e. The zero-order valence-electron chi connectivity index (χ0n) is 10.0. The van der Waals surface area contributed by atoms with Crippen LogP contribution in [0.4, 0.5) is 11.4 Å². The summed E-state index contributed by atoms with van der Waals surface area (Å²) in [7, 11) is -2.56. The average molecular weight is 273 g/mol. The zero-order valence-corrected chi connectivity index (χ0v) is 10.8. The standard InChI is InChI=1S/C10H15N3O4S/c1-6(10(14)17-2)13-9-5-7(18(12,15)16)3-4-8(9)11/h3-6,13H,11H2,1-2H3,(H2,12,15,16). The maximum absolute atomic E-state index is 11.2. The number of sulfonamides is 1. The molecule has 0 aliphatic heterocycles. The predicted octanol–water partition coefficient (Wildman–Crippen LogP) is -0.110. The molecule has 1 rings (SSSR count). The second-order valence-corrected chi connectivity index (χ2v) is 5.24. The van der Waals surface area contributed by atoms with Crippen molar-refractivity contribution in [2.75, 3.05) is 18.2 Å². The van der Waals surface area contributed by atoms with Gasteiger partial charge in [-0.3, -0.25) is 0 Å². The van der Waals surface area contributed by atoms with E-state index in [1.54, 1.807) is 6.92 Å². The third-order valence-corrected chi connectivity index (χ3v) is 3.19. The molecule has 8 heteroatoms. The van der Waals surface area contributed by atoms with Crippen molar-refractivity contribution >= 4 is 27.4 Å². The molecular weight excluding hydrogens is 258 g/mol. The van der Waals surface area contributed by atoms with Crippen molar-refractivity contribution in [2.24, 2.45) is 5.14 Å². The van der Waals surface area contributed by atoms with Gasteiger partial charge in [0.05, 0.1) is 23.4 Å². The Hall–Kier alpha value is -1.80. The Bertz CT molecular complexity index is 556. The lowest BCUT2D eigenvalue weighted by Crippen LogP contribution is -2.27. The molecule has 18 heavy (non-hydrogen) atoms. The number of rotatable bonds is 4. The molecule has 0 spiro atoms. The van der Waals surface area contributed by atoms with Crippen LogP contribution in [0.3, 0.4) is 0 Å². The second-order valence-electron chi connectivity index (χ2n) is 3.68. The summed E-state index contributed by atoms with van der Waals surface area (Å²) in [6.07, 6.45) is 0. The maximum Gasteiger partial charge on any atom is 0.327 e. The average Bonchev–Trinajstić information content (AvgIpc) is 2.29. The van der Waals surface area contributed by atoms with E-state index in [0.717, 1.165) is 0 Å². The van der Waals surface area contributed by atoms with Crippen molar-refractivity contribution in [3.05, 3.63) is 18.2 Å². The third kappa shape index (κ3) is 3.34. The van der Waals surface area contributed by atoms with Crippen LogP contribution in [0.15, 0.2) is 23.1 Å². The van der Waals surface area contributed by atoms with Gasteiger partial charge in [-0.15, -0.1) is 0 Å². The third-order valence-electron chi connectivity index (χ3n) is 2.28. The van der Waals surface area contributed by atoms with E-state index in [9.17, 15) is 13.2 Å². The van der Waals surface area contributed by atoms with Gasteiger partial charge in [-0.25, -0.2) is 18.4 Å². The number of primary sulfonamides is 1. The Morgan fingerprint density at radius 1 is 1.44 bits per heavy atom. The summed E-state index contributed by atoms with van der Waals surface area (Å²) in [5.41, 5.74) is 6.28. The molecule has 1 aromatic carbocycles. The van der Waals surface area contributed by atoms with Crippen LogP contribution in [0, 0.1) is 0 Å². The number of nitrogen functional groups attached to an aromatic ring is 1. The smallest absolute Gasteiger partial charge is 0.327 e. The largest absolute Gasteiger partial charge is 0.467 e. The van der Waals surface area contributed by atoms with Gasteiger partial charge in [0.15, 0.2) is 0 Å². The van der Waals surface area contributed by atoms with E-state index in [2.05, 4.69) is 10.1 Å². The van der Waals surface area contributed by atoms with Crippen LogP contribution in [0.1, 0.15) is 6.92 Å². The van der Waals surface area contributed by atoms with Crippen molar-refractivity contribution in [1.82, 2.24) is 0 Å². The predicted molar refractivity (Wildman–Crippen MR) is 67.3 cm³/mol. The quantitative estimate of drug-likeness (QED) is 0.519. The molecule has 1 atom stereocenters. The van der Waals surface area contributed by atoms with Gasteiger partial charge in [-0.2, -0.15) is 0 Å². The Balaban J connectivity index is 3.06. The summed E-state index contributed by atoms with van der Waals surface area (Å²) < 4.78 is 26.9. The van der Waals surface area contributed by atoms with Gasteiger partial charge < -0.3 is 15.8 Å². The number of nitrogens with one attached hydrogen (secondary N) is 1. The number of benzene rings is 1. The van der Waals surface area contributed by atoms with E-state index in [-0.39, 0.29) is 4.90 Å². The lowest BCUT2D eigenvalue weighted by atomic mass is 10.2. The number of anilines is 2. The fourth-order valence-corrected chi connectivity index (χ4v) is 1.85. The first-order valence-electron chi connectivity index (χ1n) is 5.02. The molecule has 100 valence electrons. The number of carbonyl (C=O) groups is 1. The SMILES string of the molecule is COC(=O)C(C)Nc1cc(S(N)(=O)=O)ccc1N. The van der Waals surface area contributed by atoms with Crippen molar-refractivity contribution < 1.29 is 17.9 Å². The Morgan fingerprint density at radius 3 is 2.56 bits per heavy atom. The molecule has 0 aliphatic carbocycles. The molecule has 1 aromatic rings. The summed E-state index contributed by atoms with van der Waals surface area (Å²) in [6, 6.07) is 3.29. The van der Waals surface area contributed by atoms with E-state index in [4.69, 9.17) is 10.9 Å². The van der Waals surface area contributed by atoms with Gasteiger partial charge in [0.25, 0.3) is 0 Å². The molecule has 0 heterocycles. The molecule has 0 aromatic heterocycles. The first-order chi connectivity index (χ1) is 8.25. The van der Waals surface area contributed by atoms with Gasteiger partial charge in [-0.1, -0.05) is 0 Å². The van der Waals surface area contributed by atoms with Crippen LogP contribution < -0.4 is 16.2 Å². The highest BCUT2D eigenvalue weighted by atomic mass is 32.2. The molecule has 0 radical (unpaired) electrons. The Kier molecular flexibility index (Phi) is 4.15. The second kappa shape index (κ2) is 5.23. The van der Waals surface area contributed by atoms with E-state index in [1.165, 1.54) is 25.3 Å². The first kappa shape index (κ1) is 14.3. The van der Waals surface area contributed by atoms with E-state index in [1.807, 2.05) is 0 Å². The highest BCUT2D eigenvalue weighted by molar-refractivity contribution is 7.89. The van der Waals surface area contributed by atoms with Crippen molar-refractivity contribution in [3.63, 3.8) is 0 Å². The lowest BCUT2D eigenvalue weighted by Gasteiger charge is -2.15. The summed E-state index contributed by atoms with van der Waals surface area (Å²) in [6.45, 7) is 1.56. The molecule has 0 amide bonds. The fraction of sp³-hybridized carbons (Fsp3) is 0.300. The molecule has 7 nitrogen and oxygen atoms in total. The van der Waals surface area contributed by atoms with Crippen molar-refractivity contribution in [2.45, 2.75) is 17.9 Å². The maximum atomic E-state index is 11.2. The molecular formula is C10H15N3O4S. The molecule has 0 saturated carbocycles. The van der Waals surface area contributed by atoms with Gasteiger partial charge >= 0.3 is 5.97 Å². The summed E-state index contributed by atoms with van der Waals surface area (Å²) >= 11 is 0. The molecule has 1 unspecified atom stereocenters. The minimum absolute atomic E-state index is 0.0868. The zero-order chi connectivity index (χ0) is 13.9. The van der Waals surface area contributed by atoms with E-state index in [0.29, 0.717) is 11.4 Å². The fourth-order valence-electron chi connectivity index (χ4n) is 1.31. The van der Waals surface area contributed by atoms with Crippen LogP contribution in [0.25, 0.3) is 0 Å². The molecule has 0 saturated heterocycles. The molecule has 5 N–H and O–H groups in total. The van der Waals surface area contributed by atoms with Gasteiger partial charge in [0, 0.05) is 0 Å². The van der Waals surface area contributed by atoms with Crippen LogP contribution in [-0.2, 0) is 19.6 Å². The number of hydrogen-bond donors (Lipinski definition) is 3. The number of carbonyl (C=O) groups excluding carboxylic acids is 1. The van der Waals surface area contributed by atoms with Crippen LogP contribution in [0.5, 0.6) is 0 Å². The lowest BCUT2D eigenvalue weighted by molar-refractivity contribution is -0.141. The molecule has 0 fully saturated rings. The molecule has 0 bridgehead atoms. The summed E-state index contributed by atoms with van der Waals surface area (Å²) in [4.78, 5) is 11.2. The van der Waals surface area contributed by atoms with Crippen molar-refractivity contribution in [1.29, 1.82) is 0 Å². The Labute approximate surface area is 105 Å². The topological polar surface area (TPSA) is 125 Å². The normalized spacial score (nSPS) is 12.8. The van der Waals surface area contributed by atoms with E-state index < -0.39 is 22.0 Å². The van der Waals surface area contributed by atoms with Crippen LogP contribution in [-0.4, -0.2) is 27.5 Å². The van der Waals surface area contributed by atoms with Gasteiger partial charge in [0.2, 0.25) is 10.0 Å². The number of methoxy groups -OCH3 is 1. The van der Waals surface area contributed by atoms with Gasteiger partial charge in [0.1, 0.15) is 6.04 Å². The minimum atomic E-state index is -3.82. The molecule has 0 aliphatic rings. The monoisotopic (exact) mass is 273 g/mol. The number of hydrogen-bond acceptors (Lipinski definition) is 6. The van der Waals surface area contributed by atoms with E-state index >= 15 is 0 Å². The highest BCUT2D eigenvalue weighted by Gasteiger charge is 2.16. The number of esters is 1. The van der Waals surface area contributed by atoms with Crippen molar-refractivity contribution in [3.8, 4) is 0 Å². The number of nitrogens with two attached hydrogens (primary N) is 2. The summed E-state index contributed by atoms with van der Waals surface area (Å²) in [5.74, 6) is -0.490. The first-order valence-corrected chi connectivity index (χ1v) is 6.57. The van der Waals surface area contributed by atoms with Crippen LogP contribution >= 0.6 is 0 Å². The van der Waals surface area contributed by atoms with Crippen LogP contribution in [0.2, 0.25) is 0 Å². The summed E-state index contributed by atoms with van der Waals surface area (Å²) in [5, 5.41) is 7.76.